The normalized spacial score (nSPS) is 10.0. The zero-order chi connectivity index (χ0) is 15.4. The van der Waals surface area contributed by atoms with E-state index in [4.69, 9.17) is 0 Å². The van der Waals surface area contributed by atoms with Crippen molar-refractivity contribution in [1.82, 2.24) is 0 Å². The molecule has 2 aromatic rings. The van der Waals surface area contributed by atoms with Crippen LogP contribution in [0.4, 0.5) is 21.9 Å². The van der Waals surface area contributed by atoms with Crippen LogP contribution in [0.1, 0.15) is 11.1 Å². The number of nitrogens with one attached hydrogen (secondary N) is 2. The summed E-state index contributed by atoms with van der Waals surface area (Å²) in [4.78, 5) is 22.2. The van der Waals surface area contributed by atoms with Gasteiger partial charge in [0.25, 0.3) is 5.69 Å². The van der Waals surface area contributed by atoms with Crippen LogP contribution in [0, 0.1) is 24.0 Å². The second kappa shape index (κ2) is 6.04. The lowest BCUT2D eigenvalue weighted by molar-refractivity contribution is -0.385. The van der Waals surface area contributed by atoms with Crippen molar-refractivity contribution in [3.05, 3.63) is 63.7 Å². The Labute approximate surface area is 121 Å². The molecule has 0 radical (unpaired) electrons. The number of aryl methyl sites for hydroxylation is 2. The predicted octanol–water partition coefficient (Wildman–Crippen LogP) is 3.86. The zero-order valence-electron chi connectivity index (χ0n) is 11.7. The Morgan fingerprint density at radius 2 is 1.76 bits per heavy atom. The fourth-order valence-corrected chi connectivity index (χ4v) is 1.94. The molecule has 0 fully saturated rings. The van der Waals surface area contributed by atoms with E-state index < -0.39 is 11.0 Å². The Bertz CT molecular complexity index is 698. The minimum atomic E-state index is -0.452. The number of nitro groups is 1. The Balaban J connectivity index is 2.08. The number of hydrogen-bond donors (Lipinski definition) is 2. The number of carbonyl (C=O) groups is 1. The number of benzene rings is 2. The van der Waals surface area contributed by atoms with Crippen LogP contribution in [0.25, 0.3) is 0 Å². The van der Waals surface area contributed by atoms with Crippen molar-refractivity contribution in [1.29, 1.82) is 0 Å². The summed E-state index contributed by atoms with van der Waals surface area (Å²) >= 11 is 0. The first-order chi connectivity index (χ1) is 9.97. The highest BCUT2D eigenvalue weighted by molar-refractivity contribution is 6.00. The third-order valence-corrected chi connectivity index (χ3v) is 3.04. The standard InChI is InChI=1S/C15H15N3O3/c1-10-5-3-4-6-13(10)17-15(19)16-12-7-8-14(18(20)21)11(2)9-12/h3-9H,1-2H3,(H2,16,17,19). The monoisotopic (exact) mass is 285 g/mol. The van der Waals surface area contributed by atoms with Crippen LogP contribution in [-0.2, 0) is 0 Å². The average molecular weight is 285 g/mol. The fraction of sp³-hybridized carbons (Fsp3) is 0.133. The maximum Gasteiger partial charge on any atom is 0.323 e. The molecule has 0 aromatic heterocycles. The largest absolute Gasteiger partial charge is 0.323 e. The Morgan fingerprint density at radius 1 is 1.05 bits per heavy atom. The van der Waals surface area contributed by atoms with E-state index in [0.29, 0.717) is 16.9 Å². The molecule has 108 valence electrons. The Kier molecular flexibility index (Phi) is 4.18. The van der Waals surface area contributed by atoms with E-state index in [2.05, 4.69) is 10.6 Å². The van der Waals surface area contributed by atoms with Crippen molar-refractivity contribution in [2.24, 2.45) is 0 Å². The number of para-hydroxylation sites is 1. The van der Waals surface area contributed by atoms with Gasteiger partial charge in [-0.2, -0.15) is 0 Å². The quantitative estimate of drug-likeness (QED) is 0.663. The maximum absolute atomic E-state index is 11.9. The average Bonchev–Trinajstić information content (AvgIpc) is 2.41. The van der Waals surface area contributed by atoms with Gasteiger partial charge in [-0.1, -0.05) is 18.2 Å². The van der Waals surface area contributed by atoms with Crippen molar-refractivity contribution in [3.8, 4) is 0 Å². The first-order valence-electron chi connectivity index (χ1n) is 6.36. The van der Waals surface area contributed by atoms with Crippen LogP contribution in [-0.4, -0.2) is 11.0 Å². The summed E-state index contributed by atoms with van der Waals surface area (Å²) in [5.74, 6) is 0. The van der Waals surface area contributed by atoms with Crippen LogP contribution in [0.5, 0.6) is 0 Å². The highest BCUT2D eigenvalue weighted by atomic mass is 16.6. The molecule has 0 aliphatic carbocycles. The summed E-state index contributed by atoms with van der Waals surface area (Å²) in [6.07, 6.45) is 0. The van der Waals surface area contributed by atoms with Gasteiger partial charge in [0, 0.05) is 23.0 Å². The summed E-state index contributed by atoms with van der Waals surface area (Å²) in [5.41, 5.74) is 2.69. The SMILES string of the molecule is Cc1ccccc1NC(=O)Nc1ccc([N+](=O)[O-])c(C)c1. The van der Waals surface area contributed by atoms with E-state index in [1.165, 1.54) is 12.1 Å². The van der Waals surface area contributed by atoms with E-state index in [-0.39, 0.29) is 5.69 Å². The van der Waals surface area contributed by atoms with Crippen LogP contribution >= 0.6 is 0 Å². The molecule has 21 heavy (non-hydrogen) atoms. The molecular formula is C15H15N3O3. The number of amides is 2. The van der Waals surface area contributed by atoms with Gasteiger partial charge < -0.3 is 10.6 Å². The topological polar surface area (TPSA) is 84.3 Å². The Hall–Kier alpha value is -2.89. The van der Waals surface area contributed by atoms with Crippen molar-refractivity contribution in [2.75, 3.05) is 10.6 Å². The van der Waals surface area contributed by atoms with Crippen LogP contribution < -0.4 is 10.6 Å². The van der Waals surface area contributed by atoms with E-state index in [0.717, 1.165) is 5.56 Å². The van der Waals surface area contributed by atoms with Gasteiger partial charge in [-0.05, 0) is 37.6 Å². The zero-order valence-corrected chi connectivity index (χ0v) is 11.7. The maximum atomic E-state index is 11.9. The number of rotatable bonds is 3. The molecule has 0 aliphatic rings. The first kappa shape index (κ1) is 14.5. The fourth-order valence-electron chi connectivity index (χ4n) is 1.94. The molecule has 0 aliphatic heterocycles. The molecule has 0 spiro atoms. The number of hydrogen-bond acceptors (Lipinski definition) is 3. The summed E-state index contributed by atoms with van der Waals surface area (Å²) in [5, 5.41) is 16.1. The summed E-state index contributed by atoms with van der Waals surface area (Å²) in [6, 6.07) is 11.5. The van der Waals surface area contributed by atoms with Crippen LogP contribution in [0.15, 0.2) is 42.5 Å². The highest BCUT2D eigenvalue weighted by Gasteiger charge is 2.11. The molecule has 0 unspecified atom stereocenters. The van der Waals surface area contributed by atoms with E-state index in [1.54, 1.807) is 19.1 Å². The molecule has 0 bridgehead atoms. The minimum Gasteiger partial charge on any atom is -0.308 e. The second-order valence-corrected chi connectivity index (χ2v) is 4.65. The van der Waals surface area contributed by atoms with Gasteiger partial charge in [-0.15, -0.1) is 0 Å². The van der Waals surface area contributed by atoms with Gasteiger partial charge in [-0.25, -0.2) is 4.79 Å². The van der Waals surface area contributed by atoms with Crippen molar-refractivity contribution < 1.29 is 9.72 Å². The molecule has 2 amide bonds. The summed E-state index contributed by atoms with van der Waals surface area (Å²) in [6.45, 7) is 3.52. The van der Waals surface area contributed by atoms with Gasteiger partial charge in [0.2, 0.25) is 0 Å². The number of anilines is 2. The summed E-state index contributed by atoms with van der Waals surface area (Å²) in [7, 11) is 0. The first-order valence-corrected chi connectivity index (χ1v) is 6.36. The van der Waals surface area contributed by atoms with Crippen molar-refractivity contribution >= 4 is 23.1 Å². The van der Waals surface area contributed by atoms with Gasteiger partial charge in [0.15, 0.2) is 0 Å². The number of nitro benzene ring substituents is 1. The number of carbonyl (C=O) groups excluding carboxylic acids is 1. The third-order valence-electron chi connectivity index (χ3n) is 3.04. The molecule has 0 saturated carbocycles. The molecule has 2 aromatic carbocycles. The smallest absolute Gasteiger partial charge is 0.308 e. The summed E-state index contributed by atoms with van der Waals surface area (Å²) < 4.78 is 0. The lowest BCUT2D eigenvalue weighted by Gasteiger charge is -2.10. The highest BCUT2D eigenvalue weighted by Crippen LogP contribution is 2.22. The van der Waals surface area contributed by atoms with Crippen molar-refractivity contribution in [2.45, 2.75) is 13.8 Å². The van der Waals surface area contributed by atoms with E-state index in [9.17, 15) is 14.9 Å². The molecule has 2 rings (SSSR count). The third kappa shape index (κ3) is 3.56. The van der Waals surface area contributed by atoms with Crippen LogP contribution in [0.3, 0.4) is 0 Å². The molecule has 0 heterocycles. The lowest BCUT2D eigenvalue weighted by atomic mass is 10.2. The lowest BCUT2D eigenvalue weighted by Crippen LogP contribution is -2.20. The minimum absolute atomic E-state index is 0.0276. The molecule has 0 atom stereocenters. The van der Waals surface area contributed by atoms with Crippen LogP contribution in [0.2, 0.25) is 0 Å². The molecule has 6 nitrogen and oxygen atoms in total. The van der Waals surface area contributed by atoms with Gasteiger partial charge in [0.1, 0.15) is 0 Å². The Morgan fingerprint density at radius 3 is 2.38 bits per heavy atom. The second-order valence-electron chi connectivity index (χ2n) is 4.65. The molecule has 6 heteroatoms. The van der Waals surface area contributed by atoms with E-state index in [1.807, 2.05) is 25.1 Å². The number of nitrogens with zero attached hydrogens (tertiary/aromatic N) is 1. The molecule has 0 saturated heterocycles. The molecular weight excluding hydrogens is 270 g/mol. The molecule has 2 N–H and O–H groups in total. The van der Waals surface area contributed by atoms with Gasteiger partial charge >= 0.3 is 6.03 Å². The van der Waals surface area contributed by atoms with Crippen molar-refractivity contribution in [3.63, 3.8) is 0 Å². The van der Waals surface area contributed by atoms with Gasteiger partial charge in [-0.3, -0.25) is 10.1 Å². The van der Waals surface area contributed by atoms with Gasteiger partial charge in [0.05, 0.1) is 4.92 Å². The predicted molar refractivity (Wildman–Crippen MR) is 81.7 cm³/mol. The van der Waals surface area contributed by atoms with E-state index >= 15 is 0 Å². The number of urea groups is 1.